The van der Waals surface area contributed by atoms with Gasteiger partial charge in [0.1, 0.15) is 12.4 Å². The predicted octanol–water partition coefficient (Wildman–Crippen LogP) is 2.38. The molecule has 0 saturated heterocycles. The zero-order chi connectivity index (χ0) is 15.2. The number of nitrogens with one attached hydrogen (secondary N) is 1. The fourth-order valence-corrected chi connectivity index (χ4v) is 2.29. The van der Waals surface area contributed by atoms with E-state index in [4.69, 9.17) is 0 Å². The number of rotatable bonds is 5. The van der Waals surface area contributed by atoms with Crippen molar-refractivity contribution in [2.24, 2.45) is 0 Å². The van der Waals surface area contributed by atoms with Crippen LogP contribution in [0.25, 0.3) is 0 Å². The van der Waals surface area contributed by atoms with Crippen molar-refractivity contribution in [1.29, 1.82) is 0 Å². The minimum atomic E-state index is -0.596. The number of carbonyl (C=O) groups is 2. The highest BCUT2D eigenvalue weighted by Crippen LogP contribution is 2.12. The molecule has 21 heavy (non-hydrogen) atoms. The number of amides is 2. The molecule has 0 unspecified atom stereocenters. The average molecular weight is 307 g/mol. The van der Waals surface area contributed by atoms with Gasteiger partial charge in [0, 0.05) is 18.1 Å². The fourth-order valence-electron chi connectivity index (χ4n) is 1.75. The van der Waals surface area contributed by atoms with Gasteiger partial charge in [0.15, 0.2) is 5.13 Å². The molecule has 0 aliphatic heterocycles. The maximum absolute atomic E-state index is 13.6. The molecule has 5 nitrogen and oxygen atoms in total. The van der Waals surface area contributed by atoms with Crippen molar-refractivity contribution in [3.8, 4) is 0 Å². The van der Waals surface area contributed by atoms with Gasteiger partial charge in [0.2, 0.25) is 5.91 Å². The highest BCUT2D eigenvalue weighted by Gasteiger charge is 2.20. The molecule has 0 spiro atoms. The minimum Gasteiger partial charge on any atom is -0.330 e. The number of nitrogens with zero attached hydrogens (tertiary/aromatic N) is 2. The molecule has 0 atom stereocenters. The molecule has 7 heteroatoms. The van der Waals surface area contributed by atoms with Crippen molar-refractivity contribution in [1.82, 2.24) is 9.88 Å². The van der Waals surface area contributed by atoms with E-state index in [0.717, 1.165) is 0 Å². The normalized spacial score (nSPS) is 10.2. The van der Waals surface area contributed by atoms with Crippen LogP contribution in [0.4, 0.5) is 9.52 Å². The van der Waals surface area contributed by atoms with E-state index < -0.39 is 11.7 Å². The first-order chi connectivity index (χ1) is 10.1. The molecule has 0 fully saturated rings. The van der Waals surface area contributed by atoms with Crippen molar-refractivity contribution in [2.45, 2.75) is 6.92 Å². The van der Waals surface area contributed by atoms with Gasteiger partial charge in [-0.2, -0.15) is 0 Å². The van der Waals surface area contributed by atoms with Crippen LogP contribution in [0.3, 0.4) is 0 Å². The van der Waals surface area contributed by atoms with Crippen molar-refractivity contribution < 1.29 is 14.0 Å². The third-order valence-corrected chi connectivity index (χ3v) is 3.47. The molecular weight excluding hydrogens is 293 g/mol. The summed E-state index contributed by atoms with van der Waals surface area (Å²) in [5.74, 6) is -1.47. The molecule has 2 amide bonds. The molecule has 110 valence electrons. The summed E-state index contributed by atoms with van der Waals surface area (Å²) in [7, 11) is 0. The maximum Gasteiger partial charge on any atom is 0.257 e. The minimum absolute atomic E-state index is 0.0404. The first kappa shape index (κ1) is 15.1. The number of benzene rings is 1. The van der Waals surface area contributed by atoms with Gasteiger partial charge in [0.05, 0.1) is 5.56 Å². The van der Waals surface area contributed by atoms with Crippen LogP contribution < -0.4 is 5.32 Å². The average Bonchev–Trinajstić information content (AvgIpc) is 2.97. The second kappa shape index (κ2) is 6.94. The summed E-state index contributed by atoms with van der Waals surface area (Å²) in [6, 6.07) is 5.72. The monoisotopic (exact) mass is 307 g/mol. The molecule has 0 radical (unpaired) electrons. The van der Waals surface area contributed by atoms with Gasteiger partial charge in [-0.1, -0.05) is 12.1 Å². The van der Waals surface area contributed by atoms with Crippen LogP contribution in [-0.2, 0) is 4.79 Å². The lowest BCUT2D eigenvalue weighted by Gasteiger charge is -2.20. The van der Waals surface area contributed by atoms with E-state index in [0.29, 0.717) is 11.7 Å². The van der Waals surface area contributed by atoms with Gasteiger partial charge in [-0.25, -0.2) is 9.37 Å². The van der Waals surface area contributed by atoms with E-state index in [1.165, 1.54) is 34.4 Å². The van der Waals surface area contributed by atoms with Gasteiger partial charge >= 0.3 is 0 Å². The largest absolute Gasteiger partial charge is 0.330 e. The summed E-state index contributed by atoms with van der Waals surface area (Å²) in [5.41, 5.74) is -0.0404. The summed E-state index contributed by atoms with van der Waals surface area (Å²) < 4.78 is 13.6. The van der Waals surface area contributed by atoms with Crippen LogP contribution in [0.5, 0.6) is 0 Å². The van der Waals surface area contributed by atoms with E-state index in [1.54, 1.807) is 24.6 Å². The molecule has 1 aromatic heterocycles. The Morgan fingerprint density at radius 1 is 1.38 bits per heavy atom. The summed E-state index contributed by atoms with van der Waals surface area (Å²) in [5, 5.41) is 4.79. The van der Waals surface area contributed by atoms with Crippen molar-refractivity contribution in [2.75, 3.05) is 18.4 Å². The van der Waals surface area contributed by atoms with Gasteiger partial charge in [-0.15, -0.1) is 11.3 Å². The van der Waals surface area contributed by atoms with Crippen LogP contribution in [0.15, 0.2) is 35.8 Å². The summed E-state index contributed by atoms with van der Waals surface area (Å²) in [6.07, 6.45) is 1.57. The topological polar surface area (TPSA) is 62.3 Å². The van der Waals surface area contributed by atoms with Crippen molar-refractivity contribution in [3.05, 3.63) is 47.2 Å². The number of aromatic nitrogens is 1. The third kappa shape index (κ3) is 3.85. The zero-order valence-electron chi connectivity index (χ0n) is 11.4. The number of hydrogen-bond donors (Lipinski definition) is 1. The van der Waals surface area contributed by atoms with Gasteiger partial charge in [-0.3, -0.25) is 9.59 Å². The molecule has 0 aliphatic rings. The van der Waals surface area contributed by atoms with Crippen LogP contribution >= 0.6 is 11.3 Å². The Balaban J connectivity index is 2.04. The molecule has 0 saturated carbocycles. The predicted molar refractivity (Wildman–Crippen MR) is 78.7 cm³/mol. The van der Waals surface area contributed by atoms with Crippen molar-refractivity contribution >= 4 is 28.3 Å². The van der Waals surface area contributed by atoms with E-state index >= 15 is 0 Å². The van der Waals surface area contributed by atoms with E-state index in [1.807, 2.05) is 0 Å². The second-order valence-electron chi connectivity index (χ2n) is 4.18. The fraction of sp³-hybridized carbons (Fsp3) is 0.214. The Labute approximate surface area is 125 Å². The zero-order valence-corrected chi connectivity index (χ0v) is 12.2. The lowest BCUT2D eigenvalue weighted by Crippen LogP contribution is -2.38. The van der Waals surface area contributed by atoms with Crippen LogP contribution in [-0.4, -0.2) is 34.8 Å². The Morgan fingerprint density at radius 2 is 2.14 bits per heavy atom. The number of likely N-dealkylation sites (N-methyl/N-ethyl adjacent to an activating group) is 1. The second-order valence-corrected chi connectivity index (χ2v) is 5.08. The lowest BCUT2D eigenvalue weighted by molar-refractivity contribution is -0.116. The number of anilines is 1. The Kier molecular flexibility index (Phi) is 4.99. The maximum atomic E-state index is 13.6. The quantitative estimate of drug-likeness (QED) is 0.922. The molecule has 2 rings (SSSR count). The summed E-state index contributed by atoms with van der Waals surface area (Å²) >= 11 is 1.29. The van der Waals surface area contributed by atoms with Crippen molar-refractivity contribution in [3.63, 3.8) is 0 Å². The number of carbonyl (C=O) groups excluding carboxylic acids is 2. The van der Waals surface area contributed by atoms with E-state index in [9.17, 15) is 14.0 Å². The van der Waals surface area contributed by atoms with Gasteiger partial charge in [-0.05, 0) is 19.1 Å². The van der Waals surface area contributed by atoms with Crippen LogP contribution in [0, 0.1) is 5.82 Å². The van der Waals surface area contributed by atoms with Gasteiger partial charge < -0.3 is 10.2 Å². The van der Waals surface area contributed by atoms with E-state index in [2.05, 4.69) is 10.3 Å². The number of thiazole rings is 1. The number of hydrogen-bond acceptors (Lipinski definition) is 4. The standard InChI is InChI=1S/C14H14FN3O2S/c1-2-18(9-12(19)17-14-16-7-8-21-14)13(20)10-5-3-4-6-11(10)15/h3-8H,2,9H2,1H3,(H,16,17,19). The van der Waals surface area contributed by atoms with E-state index in [-0.39, 0.29) is 18.0 Å². The SMILES string of the molecule is CCN(CC(=O)Nc1nccs1)C(=O)c1ccccc1F. The molecule has 1 N–H and O–H groups in total. The highest BCUT2D eigenvalue weighted by atomic mass is 32.1. The van der Waals surface area contributed by atoms with Crippen LogP contribution in [0.1, 0.15) is 17.3 Å². The Morgan fingerprint density at radius 3 is 2.76 bits per heavy atom. The lowest BCUT2D eigenvalue weighted by atomic mass is 10.2. The molecule has 1 heterocycles. The first-order valence-electron chi connectivity index (χ1n) is 6.35. The Hall–Kier alpha value is -2.28. The van der Waals surface area contributed by atoms with Crippen LogP contribution in [0.2, 0.25) is 0 Å². The Bertz CT molecular complexity index is 631. The smallest absolute Gasteiger partial charge is 0.257 e. The molecule has 1 aromatic carbocycles. The first-order valence-corrected chi connectivity index (χ1v) is 7.23. The molecular formula is C14H14FN3O2S. The summed E-state index contributed by atoms with van der Waals surface area (Å²) in [6.45, 7) is 1.89. The molecule has 2 aromatic rings. The number of halogens is 1. The molecule has 0 aliphatic carbocycles. The van der Waals surface area contributed by atoms with Gasteiger partial charge in [0.25, 0.3) is 5.91 Å². The summed E-state index contributed by atoms with van der Waals surface area (Å²) in [4.78, 5) is 29.3. The third-order valence-electron chi connectivity index (χ3n) is 2.79. The highest BCUT2D eigenvalue weighted by molar-refractivity contribution is 7.13. The molecule has 0 bridgehead atoms.